The Balaban J connectivity index is 3.93. The van der Waals surface area contributed by atoms with E-state index in [4.69, 9.17) is 0 Å². The second-order valence-electron chi connectivity index (χ2n) is 2.82. The van der Waals surface area contributed by atoms with Crippen LogP contribution in [0.1, 0.15) is 33.1 Å². The second-order valence-corrected chi connectivity index (χ2v) is 2.82. The molecule has 0 heterocycles. The van der Waals surface area contributed by atoms with Gasteiger partial charge in [-0.2, -0.15) is 0 Å². The summed E-state index contributed by atoms with van der Waals surface area (Å²) in [5.74, 6) is 9.16. The first kappa shape index (κ1) is 13.5. The molecule has 0 bridgehead atoms. The van der Waals surface area contributed by atoms with Gasteiger partial charge in [-0.1, -0.05) is 25.2 Å². The Labute approximate surface area is 90.8 Å². The summed E-state index contributed by atoms with van der Waals surface area (Å²) in [5.41, 5.74) is 0. The van der Waals surface area contributed by atoms with Crippen molar-refractivity contribution in [2.45, 2.75) is 39.2 Å². The van der Waals surface area contributed by atoms with Crippen LogP contribution in [0.25, 0.3) is 0 Å². The van der Waals surface area contributed by atoms with E-state index in [0.717, 1.165) is 19.3 Å². The second kappa shape index (κ2) is 9.12. The molecule has 0 amide bonds. The Bertz CT molecular complexity index is 298. The molecule has 0 aromatic carbocycles. The van der Waals surface area contributed by atoms with Crippen molar-refractivity contribution in [2.24, 2.45) is 0 Å². The monoisotopic (exact) mass is 208 g/mol. The number of aliphatic hydroxyl groups is 1. The SMILES string of the molecule is CCCCC#CC(O)C#CC(=O)OCC. The number of hydrogen-bond donors (Lipinski definition) is 1. The van der Waals surface area contributed by atoms with Gasteiger partial charge in [0.1, 0.15) is 0 Å². The molecule has 3 heteroatoms. The van der Waals surface area contributed by atoms with Crippen LogP contribution in [-0.4, -0.2) is 23.8 Å². The van der Waals surface area contributed by atoms with Gasteiger partial charge >= 0.3 is 5.97 Å². The van der Waals surface area contributed by atoms with E-state index in [-0.39, 0.29) is 6.61 Å². The van der Waals surface area contributed by atoms with Crippen LogP contribution < -0.4 is 0 Å². The lowest BCUT2D eigenvalue weighted by molar-refractivity contribution is -0.136. The van der Waals surface area contributed by atoms with Crippen molar-refractivity contribution in [3.8, 4) is 23.7 Å². The number of ether oxygens (including phenoxy) is 1. The molecule has 1 unspecified atom stereocenters. The van der Waals surface area contributed by atoms with Crippen LogP contribution >= 0.6 is 0 Å². The van der Waals surface area contributed by atoms with Crippen molar-refractivity contribution in [3.63, 3.8) is 0 Å². The third-order valence-corrected chi connectivity index (χ3v) is 1.48. The molecule has 82 valence electrons. The quantitative estimate of drug-likeness (QED) is 0.327. The van der Waals surface area contributed by atoms with Gasteiger partial charge in [-0.3, -0.25) is 0 Å². The number of unbranched alkanes of at least 4 members (excludes halogenated alkanes) is 2. The molecule has 0 fully saturated rings. The van der Waals surface area contributed by atoms with Crippen molar-refractivity contribution in [1.82, 2.24) is 0 Å². The molecule has 0 saturated heterocycles. The van der Waals surface area contributed by atoms with E-state index in [0.29, 0.717) is 0 Å². The Morgan fingerprint density at radius 1 is 1.40 bits per heavy atom. The first-order valence-electron chi connectivity index (χ1n) is 5.05. The van der Waals surface area contributed by atoms with E-state index in [1.165, 1.54) is 0 Å². The molecule has 3 nitrogen and oxygen atoms in total. The van der Waals surface area contributed by atoms with E-state index < -0.39 is 12.1 Å². The molecule has 0 aliphatic heterocycles. The van der Waals surface area contributed by atoms with E-state index in [2.05, 4.69) is 35.3 Å². The van der Waals surface area contributed by atoms with Gasteiger partial charge in [-0.25, -0.2) is 4.79 Å². The maximum Gasteiger partial charge on any atom is 0.384 e. The zero-order valence-corrected chi connectivity index (χ0v) is 9.17. The highest BCUT2D eigenvalue weighted by Crippen LogP contribution is 1.90. The van der Waals surface area contributed by atoms with Crippen molar-refractivity contribution in [1.29, 1.82) is 0 Å². The summed E-state index contributed by atoms with van der Waals surface area (Å²) in [5, 5.41) is 9.21. The van der Waals surface area contributed by atoms with E-state index in [1.807, 2.05) is 0 Å². The molecule has 1 atom stereocenters. The predicted octanol–water partition coefficient (Wildman–Crippen LogP) is 1.11. The normalized spacial score (nSPS) is 10.3. The predicted molar refractivity (Wildman–Crippen MR) is 57.7 cm³/mol. The zero-order chi connectivity index (χ0) is 11.5. The lowest BCUT2D eigenvalue weighted by atomic mass is 10.2. The first-order chi connectivity index (χ1) is 7.20. The number of hydrogen-bond acceptors (Lipinski definition) is 3. The van der Waals surface area contributed by atoms with Gasteiger partial charge in [-0.05, 0) is 19.3 Å². The summed E-state index contributed by atoms with van der Waals surface area (Å²) in [6.45, 7) is 4.05. The minimum atomic E-state index is -1.06. The molecule has 0 aromatic heterocycles. The molecule has 0 rings (SSSR count). The van der Waals surface area contributed by atoms with Crippen LogP contribution in [0.3, 0.4) is 0 Å². The summed E-state index contributed by atoms with van der Waals surface area (Å²) in [4.78, 5) is 10.8. The average Bonchev–Trinajstić information content (AvgIpc) is 2.22. The summed E-state index contributed by atoms with van der Waals surface area (Å²) in [6.07, 6.45) is 1.75. The lowest BCUT2D eigenvalue weighted by Crippen LogP contribution is -2.03. The van der Waals surface area contributed by atoms with E-state index in [1.54, 1.807) is 6.92 Å². The smallest absolute Gasteiger partial charge is 0.384 e. The summed E-state index contributed by atoms with van der Waals surface area (Å²) in [6, 6.07) is 0. The number of carbonyl (C=O) groups excluding carboxylic acids is 1. The van der Waals surface area contributed by atoms with Gasteiger partial charge < -0.3 is 9.84 Å². The molecule has 0 aliphatic carbocycles. The fraction of sp³-hybridized carbons (Fsp3) is 0.583. The lowest BCUT2D eigenvalue weighted by Gasteiger charge is -1.92. The molecule has 0 spiro atoms. The fourth-order valence-electron chi connectivity index (χ4n) is 0.765. The van der Waals surface area contributed by atoms with Crippen LogP contribution in [0, 0.1) is 23.7 Å². The van der Waals surface area contributed by atoms with Crippen LogP contribution in [0.2, 0.25) is 0 Å². The van der Waals surface area contributed by atoms with Crippen LogP contribution in [0.5, 0.6) is 0 Å². The van der Waals surface area contributed by atoms with Gasteiger partial charge in [0.2, 0.25) is 0 Å². The fourth-order valence-corrected chi connectivity index (χ4v) is 0.765. The molecule has 0 saturated carbocycles. The number of rotatable bonds is 3. The summed E-state index contributed by atoms with van der Waals surface area (Å²) < 4.78 is 4.56. The standard InChI is InChI=1S/C12H16O3/c1-3-5-6-7-8-11(13)9-10-12(14)15-4-2/h11,13H,3-6H2,1-2H3. The van der Waals surface area contributed by atoms with Gasteiger partial charge in [0.05, 0.1) is 6.61 Å². The Morgan fingerprint density at radius 3 is 2.73 bits per heavy atom. The summed E-state index contributed by atoms with van der Waals surface area (Å²) >= 11 is 0. The number of esters is 1. The minimum absolute atomic E-state index is 0.284. The number of aliphatic hydroxyl groups excluding tert-OH is 1. The number of carbonyl (C=O) groups is 1. The van der Waals surface area contributed by atoms with Crippen molar-refractivity contribution >= 4 is 5.97 Å². The largest absolute Gasteiger partial charge is 0.456 e. The minimum Gasteiger partial charge on any atom is -0.456 e. The van der Waals surface area contributed by atoms with E-state index in [9.17, 15) is 9.90 Å². The average molecular weight is 208 g/mol. The molecular weight excluding hydrogens is 192 g/mol. The third kappa shape index (κ3) is 8.87. The van der Waals surface area contributed by atoms with Gasteiger partial charge in [0, 0.05) is 12.3 Å². The first-order valence-corrected chi connectivity index (χ1v) is 5.05. The Hall–Kier alpha value is -1.45. The molecule has 1 N–H and O–H groups in total. The van der Waals surface area contributed by atoms with Crippen LogP contribution in [0.4, 0.5) is 0 Å². The molecule has 0 aliphatic rings. The molecule has 0 radical (unpaired) electrons. The van der Waals surface area contributed by atoms with Gasteiger partial charge in [0.15, 0.2) is 6.10 Å². The van der Waals surface area contributed by atoms with E-state index >= 15 is 0 Å². The maximum atomic E-state index is 10.8. The van der Waals surface area contributed by atoms with Crippen molar-refractivity contribution in [3.05, 3.63) is 0 Å². The Kier molecular flexibility index (Phi) is 8.24. The molecular formula is C12H16O3. The van der Waals surface area contributed by atoms with Crippen LogP contribution in [-0.2, 0) is 9.53 Å². The molecule has 0 aromatic rings. The van der Waals surface area contributed by atoms with Crippen molar-refractivity contribution in [2.75, 3.05) is 6.61 Å². The van der Waals surface area contributed by atoms with Gasteiger partial charge in [-0.15, -0.1) is 0 Å². The maximum absolute atomic E-state index is 10.8. The summed E-state index contributed by atoms with van der Waals surface area (Å²) in [7, 11) is 0. The topological polar surface area (TPSA) is 46.5 Å². The van der Waals surface area contributed by atoms with Crippen LogP contribution in [0.15, 0.2) is 0 Å². The highest BCUT2D eigenvalue weighted by Gasteiger charge is 1.95. The highest BCUT2D eigenvalue weighted by atomic mass is 16.5. The zero-order valence-electron chi connectivity index (χ0n) is 9.17. The third-order valence-electron chi connectivity index (χ3n) is 1.48. The molecule has 15 heavy (non-hydrogen) atoms. The van der Waals surface area contributed by atoms with Crippen molar-refractivity contribution < 1.29 is 14.6 Å². The van der Waals surface area contributed by atoms with Gasteiger partial charge in [0.25, 0.3) is 0 Å². The highest BCUT2D eigenvalue weighted by molar-refractivity contribution is 5.88. The Morgan fingerprint density at radius 2 is 2.13 bits per heavy atom.